The van der Waals surface area contributed by atoms with Gasteiger partial charge in [0, 0.05) is 13.0 Å². The van der Waals surface area contributed by atoms with E-state index < -0.39 is 0 Å². The van der Waals surface area contributed by atoms with Crippen molar-refractivity contribution in [2.45, 2.75) is 51.5 Å². The van der Waals surface area contributed by atoms with Crippen LogP contribution in [0.2, 0.25) is 0 Å². The number of hydrogen-bond donors (Lipinski definition) is 1. The summed E-state index contributed by atoms with van der Waals surface area (Å²) in [6.07, 6.45) is 5.59. The summed E-state index contributed by atoms with van der Waals surface area (Å²) in [5, 5.41) is 0. The minimum atomic E-state index is -0.230. The van der Waals surface area contributed by atoms with Crippen LogP contribution in [0.25, 0.3) is 0 Å². The van der Waals surface area contributed by atoms with E-state index in [0.29, 0.717) is 12.3 Å². The molecule has 4 heteroatoms. The molecule has 0 aromatic heterocycles. The first-order valence-electron chi connectivity index (χ1n) is 8.37. The van der Waals surface area contributed by atoms with E-state index in [-0.39, 0.29) is 17.8 Å². The molecule has 0 bridgehead atoms. The normalized spacial score (nSPS) is 21.3. The first-order chi connectivity index (χ1) is 10.6. The fourth-order valence-electron chi connectivity index (χ4n) is 3.27. The quantitative estimate of drug-likeness (QED) is 0.782. The van der Waals surface area contributed by atoms with Gasteiger partial charge >= 0.3 is 0 Å². The number of amides is 1. The molecule has 3 nitrogen and oxygen atoms in total. The molecule has 2 rings (SSSR count). The molecule has 1 aromatic rings. The number of likely N-dealkylation sites (tertiary alicyclic amines) is 1. The molecule has 122 valence electrons. The van der Waals surface area contributed by atoms with Crippen molar-refractivity contribution in [1.82, 2.24) is 4.90 Å². The number of rotatable bonds is 7. The molecule has 2 unspecified atom stereocenters. The predicted molar refractivity (Wildman–Crippen MR) is 86.8 cm³/mol. The highest BCUT2D eigenvalue weighted by Crippen LogP contribution is 2.36. The average Bonchev–Trinajstić information content (AvgIpc) is 2.89. The van der Waals surface area contributed by atoms with Crippen molar-refractivity contribution < 1.29 is 9.18 Å². The Labute approximate surface area is 132 Å². The van der Waals surface area contributed by atoms with Gasteiger partial charge in [0.05, 0.1) is 6.04 Å². The summed E-state index contributed by atoms with van der Waals surface area (Å²) in [6.45, 7) is 3.66. The Kier molecular flexibility index (Phi) is 6.37. The molecule has 1 aromatic carbocycles. The number of hydrogen-bond acceptors (Lipinski definition) is 2. The van der Waals surface area contributed by atoms with E-state index >= 15 is 0 Å². The Morgan fingerprint density at radius 1 is 1.32 bits per heavy atom. The SMILES string of the molecule is CC1CC(c2cccc(F)c2)N(C(=O)CCCCCCN)C1. The first-order valence-corrected chi connectivity index (χ1v) is 8.37. The monoisotopic (exact) mass is 306 g/mol. The van der Waals surface area contributed by atoms with Gasteiger partial charge in [-0.2, -0.15) is 0 Å². The number of nitrogens with zero attached hydrogens (tertiary/aromatic N) is 1. The molecule has 22 heavy (non-hydrogen) atoms. The van der Waals surface area contributed by atoms with Gasteiger partial charge < -0.3 is 10.6 Å². The second-order valence-electron chi connectivity index (χ2n) is 6.41. The molecule has 1 heterocycles. The third-order valence-corrected chi connectivity index (χ3v) is 4.41. The van der Waals surface area contributed by atoms with Crippen LogP contribution in [0.4, 0.5) is 4.39 Å². The van der Waals surface area contributed by atoms with Crippen molar-refractivity contribution in [3.05, 3.63) is 35.6 Å². The van der Waals surface area contributed by atoms with E-state index in [9.17, 15) is 9.18 Å². The Balaban J connectivity index is 1.94. The van der Waals surface area contributed by atoms with Crippen LogP contribution in [-0.2, 0) is 4.79 Å². The summed E-state index contributed by atoms with van der Waals surface area (Å²) in [4.78, 5) is 14.4. The van der Waals surface area contributed by atoms with Crippen LogP contribution in [-0.4, -0.2) is 23.9 Å². The zero-order chi connectivity index (χ0) is 15.9. The summed E-state index contributed by atoms with van der Waals surface area (Å²) in [7, 11) is 0. The van der Waals surface area contributed by atoms with Gasteiger partial charge in [-0.25, -0.2) is 4.39 Å². The van der Waals surface area contributed by atoms with E-state index in [2.05, 4.69) is 6.92 Å². The van der Waals surface area contributed by atoms with Gasteiger partial charge in [-0.1, -0.05) is 31.9 Å². The summed E-state index contributed by atoms with van der Waals surface area (Å²) in [6, 6.07) is 6.69. The van der Waals surface area contributed by atoms with Crippen LogP contribution in [0.1, 0.15) is 57.1 Å². The molecular weight excluding hydrogens is 279 g/mol. The molecule has 1 fully saturated rings. The molecular formula is C18H27FN2O. The predicted octanol–water partition coefficient (Wildman–Crippen LogP) is 3.64. The van der Waals surface area contributed by atoms with Gasteiger partial charge in [0.15, 0.2) is 0 Å². The summed E-state index contributed by atoms with van der Waals surface area (Å²) < 4.78 is 13.5. The van der Waals surface area contributed by atoms with Crippen molar-refractivity contribution >= 4 is 5.91 Å². The number of halogens is 1. The van der Waals surface area contributed by atoms with Crippen molar-refractivity contribution in [1.29, 1.82) is 0 Å². The van der Waals surface area contributed by atoms with E-state index in [1.54, 1.807) is 12.1 Å². The molecule has 0 aliphatic carbocycles. The number of carbonyl (C=O) groups excluding carboxylic acids is 1. The highest BCUT2D eigenvalue weighted by Gasteiger charge is 2.33. The molecule has 0 radical (unpaired) electrons. The first kappa shape index (κ1) is 16.9. The maximum absolute atomic E-state index is 13.5. The van der Waals surface area contributed by atoms with Crippen molar-refractivity contribution in [2.24, 2.45) is 11.7 Å². The molecule has 1 amide bonds. The van der Waals surface area contributed by atoms with Gasteiger partial charge in [-0.15, -0.1) is 0 Å². The fraction of sp³-hybridized carbons (Fsp3) is 0.611. The van der Waals surface area contributed by atoms with Crippen LogP contribution in [0.3, 0.4) is 0 Å². The lowest BCUT2D eigenvalue weighted by molar-refractivity contribution is -0.132. The van der Waals surface area contributed by atoms with Gasteiger partial charge in [0.25, 0.3) is 0 Å². The lowest BCUT2D eigenvalue weighted by atomic mass is 10.0. The lowest BCUT2D eigenvalue weighted by Crippen LogP contribution is -2.30. The van der Waals surface area contributed by atoms with Crippen LogP contribution >= 0.6 is 0 Å². The third-order valence-electron chi connectivity index (χ3n) is 4.41. The molecule has 1 aliphatic rings. The number of unbranched alkanes of at least 4 members (excludes halogenated alkanes) is 3. The molecule has 1 aliphatic heterocycles. The maximum Gasteiger partial charge on any atom is 0.223 e. The topological polar surface area (TPSA) is 46.3 Å². The number of nitrogens with two attached hydrogens (primary N) is 1. The second kappa shape index (κ2) is 8.28. The minimum Gasteiger partial charge on any atom is -0.335 e. The van der Waals surface area contributed by atoms with Crippen LogP contribution in [0, 0.1) is 11.7 Å². The maximum atomic E-state index is 13.5. The lowest BCUT2D eigenvalue weighted by Gasteiger charge is -2.25. The molecule has 1 saturated heterocycles. The van der Waals surface area contributed by atoms with Crippen molar-refractivity contribution in [2.75, 3.05) is 13.1 Å². The van der Waals surface area contributed by atoms with E-state index in [4.69, 9.17) is 5.73 Å². The van der Waals surface area contributed by atoms with Crippen molar-refractivity contribution in [3.63, 3.8) is 0 Å². The molecule has 0 spiro atoms. The Morgan fingerprint density at radius 3 is 2.82 bits per heavy atom. The largest absolute Gasteiger partial charge is 0.335 e. The average molecular weight is 306 g/mol. The minimum absolute atomic E-state index is 0.0299. The highest BCUT2D eigenvalue weighted by atomic mass is 19.1. The van der Waals surface area contributed by atoms with Gasteiger partial charge in [-0.05, 0) is 49.4 Å². The fourth-order valence-corrected chi connectivity index (χ4v) is 3.27. The number of benzene rings is 1. The van der Waals surface area contributed by atoms with Crippen molar-refractivity contribution in [3.8, 4) is 0 Å². The zero-order valence-corrected chi connectivity index (χ0v) is 13.4. The Bertz CT molecular complexity index is 492. The summed E-state index contributed by atoms with van der Waals surface area (Å²) >= 11 is 0. The summed E-state index contributed by atoms with van der Waals surface area (Å²) in [5.41, 5.74) is 6.39. The summed E-state index contributed by atoms with van der Waals surface area (Å²) in [5.74, 6) is 0.437. The van der Waals surface area contributed by atoms with Gasteiger partial charge in [0.2, 0.25) is 5.91 Å². The molecule has 2 N–H and O–H groups in total. The van der Waals surface area contributed by atoms with Gasteiger partial charge in [0.1, 0.15) is 5.82 Å². The second-order valence-corrected chi connectivity index (χ2v) is 6.41. The van der Waals surface area contributed by atoms with Crippen LogP contribution < -0.4 is 5.73 Å². The molecule has 2 atom stereocenters. The van der Waals surface area contributed by atoms with E-state index in [1.807, 2.05) is 11.0 Å². The van der Waals surface area contributed by atoms with Crippen LogP contribution in [0.15, 0.2) is 24.3 Å². The van der Waals surface area contributed by atoms with E-state index in [0.717, 1.165) is 50.8 Å². The van der Waals surface area contributed by atoms with E-state index in [1.165, 1.54) is 6.07 Å². The van der Waals surface area contributed by atoms with Crippen LogP contribution in [0.5, 0.6) is 0 Å². The smallest absolute Gasteiger partial charge is 0.223 e. The van der Waals surface area contributed by atoms with Gasteiger partial charge in [-0.3, -0.25) is 4.79 Å². The zero-order valence-electron chi connectivity index (χ0n) is 13.4. The Morgan fingerprint density at radius 2 is 2.09 bits per heavy atom. The number of carbonyl (C=O) groups is 1. The highest BCUT2D eigenvalue weighted by molar-refractivity contribution is 5.77. The Hall–Kier alpha value is -1.42. The third kappa shape index (κ3) is 4.54. The standard InChI is InChI=1S/C18H27FN2O/c1-14-11-17(15-7-6-8-16(19)12-15)21(13-14)18(22)9-4-2-3-5-10-20/h6-8,12,14,17H,2-5,9-11,13,20H2,1H3. The molecule has 0 saturated carbocycles.